The molecule has 5 aliphatic rings. The Morgan fingerprint density at radius 2 is 1.54 bits per heavy atom. The van der Waals surface area contributed by atoms with Crippen molar-refractivity contribution >= 4 is 5.97 Å². The van der Waals surface area contributed by atoms with Gasteiger partial charge in [0.25, 0.3) is 0 Å². The van der Waals surface area contributed by atoms with Crippen LogP contribution in [0.3, 0.4) is 0 Å². The van der Waals surface area contributed by atoms with Gasteiger partial charge in [-0.2, -0.15) is 0 Å². The van der Waals surface area contributed by atoms with Gasteiger partial charge in [0, 0.05) is 10.8 Å². The van der Waals surface area contributed by atoms with Crippen LogP contribution in [0, 0.1) is 51.8 Å². The Bertz CT molecular complexity index is 1710. The van der Waals surface area contributed by atoms with E-state index < -0.39 is 34.7 Å². The van der Waals surface area contributed by atoms with Gasteiger partial charge in [0.2, 0.25) is 0 Å². The van der Waals surface area contributed by atoms with Gasteiger partial charge < -0.3 is 19.3 Å². The average molecular weight is 701 g/mol. The molecular formula is C47H56O5. The van der Waals surface area contributed by atoms with Gasteiger partial charge >= 0.3 is 5.97 Å². The van der Waals surface area contributed by atoms with E-state index in [-0.39, 0.29) is 29.6 Å². The van der Waals surface area contributed by atoms with Crippen molar-refractivity contribution in [3.05, 3.63) is 132 Å². The molecule has 6 unspecified atom stereocenters. The molecule has 0 spiro atoms. The van der Waals surface area contributed by atoms with E-state index in [2.05, 4.69) is 88.0 Å². The first kappa shape index (κ1) is 35.5. The molecule has 5 heteroatoms. The molecule has 4 aliphatic carbocycles. The maximum Gasteiger partial charge on any atom is 0.318 e. The first-order chi connectivity index (χ1) is 25.3. The molecule has 3 aromatic rings. The topological polar surface area (TPSA) is 65.0 Å². The summed E-state index contributed by atoms with van der Waals surface area (Å²) in [7, 11) is 0. The maximum atomic E-state index is 16.2. The number of aliphatic hydroxyl groups excluding tert-OH is 1. The second-order valence-electron chi connectivity index (χ2n) is 16.9. The molecule has 274 valence electrons. The summed E-state index contributed by atoms with van der Waals surface area (Å²) in [6.45, 7) is 12.1. The maximum absolute atomic E-state index is 16.2. The highest BCUT2D eigenvalue weighted by Gasteiger charge is 2.88. The number of fused-ring (bicyclic) bond motifs is 2. The van der Waals surface area contributed by atoms with Crippen LogP contribution in [0.25, 0.3) is 0 Å². The van der Waals surface area contributed by atoms with Crippen molar-refractivity contribution in [2.75, 3.05) is 13.2 Å². The van der Waals surface area contributed by atoms with E-state index in [4.69, 9.17) is 14.2 Å². The van der Waals surface area contributed by atoms with E-state index in [0.29, 0.717) is 31.5 Å². The van der Waals surface area contributed by atoms with Gasteiger partial charge in [-0.15, -0.1) is 6.58 Å². The van der Waals surface area contributed by atoms with E-state index in [1.807, 2.05) is 42.5 Å². The number of aryl methyl sites for hydroxylation is 1. The van der Waals surface area contributed by atoms with Crippen LogP contribution < -0.4 is 0 Å². The second-order valence-corrected chi connectivity index (χ2v) is 16.9. The summed E-state index contributed by atoms with van der Waals surface area (Å²) in [5, 5.41) is 13.2. The number of ether oxygens (including phenoxy) is 3. The zero-order chi connectivity index (χ0) is 36.1. The third-order valence-corrected chi connectivity index (χ3v) is 14.3. The molecule has 0 aromatic heterocycles. The zero-order valence-corrected chi connectivity index (χ0v) is 31.2. The summed E-state index contributed by atoms with van der Waals surface area (Å²) in [5.41, 5.74) is 1.74. The molecular weight excluding hydrogens is 645 g/mol. The Morgan fingerprint density at radius 3 is 2.13 bits per heavy atom. The van der Waals surface area contributed by atoms with Crippen molar-refractivity contribution < 1.29 is 24.1 Å². The van der Waals surface area contributed by atoms with Crippen LogP contribution in [-0.2, 0) is 25.4 Å². The van der Waals surface area contributed by atoms with E-state index in [0.717, 1.165) is 55.2 Å². The number of hydrogen-bond acceptors (Lipinski definition) is 5. The monoisotopic (exact) mass is 700 g/mol. The SMILES string of the molecule is C=CC(CCc1ccccc1)CC(O)C12C[C@@H]3[C@H](C)CC[C@H]3C3(C4OCCO4)CC1C=C(C(C)C)C23C(=O)OC(c1ccccc1)c1ccccc1. The zero-order valence-electron chi connectivity index (χ0n) is 31.2. The summed E-state index contributed by atoms with van der Waals surface area (Å²) < 4.78 is 20.4. The smallest absolute Gasteiger partial charge is 0.318 e. The highest BCUT2D eigenvalue weighted by molar-refractivity contribution is 5.87. The number of carbonyl (C=O) groups is 1. The third kappa shape index (κ3) is 5.24. The lowest BCUT2D eigenvalue weighted by atomic mass is 9.40. The number of esters is 1. The molecule has 9 atom stereocenters. The molecule has 0 radical (unpaired) electrons. The molecule has 3 saturated carbocycles. The Labute approximate surface area is 310 Å². The van der Waals surface area contributed by atoms with Crippen LogP contribution in [0.2, 0.25) is 0 Å². The number of benzene rings is 3. The fourth-order valence-electron chi connectivity index (χ4n) is 12.3. The van der Waals surface area contributed by atoms with Gasteiger partial charge in [-0.05, 0) is 90.7 Å². The highest BCUT2D eigenvalue weighted by Crippen LogP contribution is 2.85. The van der Waals surface area contributed by atoms with Crippen molar-refractivity contribution in [2.45, 2.75) is 84.2 Å². The normalized spacial score (nSPS) is 33.2. The molecule has 3 aromatic carbocycles. The summed E-state index contributed by atoms with van der Waals surface area (Å²) in [6.07, 6.45) is 8.60. The molecule has 8 rings (SSSR count). The molecule has 4 bridgehead atoms. The number of allylic oxidation sites excluding steroid dienone is 2. The van der Waals surface area contributed by atoms with Crippen LogP contribution in [0.5, 0.6) is 0 Å². The summed E-state index contributed by atoms with van der Waals surface area (Å²) in [4.78, 5) is 16.2. The predicted molar refractivity (Wildman–Crippen MR) is 204 cm³/mol. The molecule has 1 aliphatic heterocycles. The van der Waals surface area contributed by atoms with E-state index in [9.17, 15) is 5.11 Å². The van der Waals surface area contributed by atoms with Gasteiger partial charge in [0.05, 0.1) is 19.3 Å². The van der Waals surface area contributed by atoms with Crippen LogP contribution in [0.15, 0.2) is 115 Å². The molecule has 1 N–H and O–H groups in total. The minimum absolute atomic E-state index is 0.00420. The minimum atomic E-state index is -1.12. The standard InChI is InChI=1S/C47H56O5/c1-5-33(22-23-34-15-9-6-10-16-34)27-41(48)45-30-38-32(4)21-24-39(38)46(44-50-25-26-51-44)29-37(45)28-40(31(2)3)47(45,46)43(49)52-42(35-17-11-7-12-18-35)36-19-13-8-14-20-36/h5-20,28,31-33,37-39,41-42,44,48H,1,21-27,29-30H2,2-4H3/t32-,33?,37?,38-,39-,41?,45?,46?,47?/m1/s1. The lowest BCUT2D eigenvalue weighted by Crippen LogP contribution is -2.68. The summed E-state index contributed by atoms with van der Waals surface area (Å²) in [6, 6.07) is 30.8. The minimum Gasteiger partial charge on any atom is -0.452 e. The van der Waals surface area contributed by atoms with Crippen LogP contribution in [0.4, 0.5) is 0 Å². The Kier molecular flexibility index (Phi) is 9.59. The van der Waals surface area contributed by atoms with Gasteiger partial charge in [0.1, 0.15) is 5.41 Å². The third-order valence-electron chi connectivity index (χ3n) is 14.3. The largest absolute Gasteiger partial charge is 0.452 e. The van der Waals surface area contributed by atoms with Crippen molar-refractivity contribution in [3.8, 4) is 0 Å². The molecule has 1 saturated heterocycles. The predicted octanol–water partition coefficient (Wildman–Crippen LogP) is 9.52. The molecule has 0 amide bonds. The van der Waals surface area contributed by atoms with Gasteiger partial charge in [-0.25, -0.2) is 0 Å². The quantitative estimate of drug-likeness (QED) is 0.142. The van der Waals surface area contributed by atoms with E-state index >= 15 is 4.79 Å². The molecule has 52 heavy (non-hydrogen) atoms. The highest BCUT2D eigenvalue weighted by atomic mass is 16.7. The fourth-order valence-corrected chi connectivity index (χ4v) is 12.3. The average Bonchev–Trinajstić information content (AvgIpc) is 3.95. The number of hydrogen-bond donors (Lipinski definition) is 1. The Hall–Kier alpha value is -3.51. The van der Waals surface area contributed by atoms with Crippen LogP contribution in [0.1, 0.15) is 82.1 Å². The van der Waals surface area contributed by atoms with E-state index in [1.54, 1.807) is 0 Å². The lowest BCUT2D eigenvalue weighted by Gasteiger charge is -2.63. The van der Waals surface area contributed by atoms with E-state index in [1.165, 1.54) is 5.56 Å². The van der Waals surface area contributed by atoms with Crippen molar-refractivity contribution in [2.24, 2.45) is 51.8 Å². The van der Waals surface area contributed by atoms with Gasteiger partial charge in [-0.1, -0.05) is 136 Å². The first-order valence-electron chi connectivity index (χ1n) is 19.9. The van der Waals surface area contributed by atoms with Gasteiger partial charge in [0.15, 0.2) is 12.4 Å². The molecule has 4 fully saturated rings. The molecule has 5 nitrogen and oxygen atoms in total. The number of rotatable bonds is 13. The van der Waals surface area contributed by atoms with Crippen molar-refractivity contribution in [3.63, 3.8) is 0 Å². The molecule has 1 heterocycles. The van der Waals surface area contributed by atoms with Crippen LogP contribution in [-0.4, -0.2) is 36.7 Å². The van der Waals surface area contributed by atoms with Crippen molar-refractivity contribution in [1.29, 1.82) is 0 Å². The lowest BCUT2D eigenvalue weighted by molar-refractivity contribution is -0.255. The van der Waals surface area contributed by atoms with Gasteiger partial charge in [-0.3, -0.25) is 4.79 Å². The Morgan fingerprint density at radius 1 is 0.923 bits per heavy atom. The second kappa shape index (κ2) is 14.0. The fraction of sp³-hybridized carbons (Fsp3) is 0.511. The first-order valence-corrected chi connectivity index (χ1v) is 19.9. The van der Waals surface area contributed by atoms with Crippen molar-refractivity contribution in [1.82, 2.24) is 0 Å². The summed E-state index contributed by atoms with van der Waals surface area (Å²) in [5.74, 6) is 1.02. The number of aliphatic hydroxyl groups is 1. The number of carbonyl (C=O) groups excluding carboxylic acids is 1. The Balaban J connectivity index is 1.29. The summed E-state index contributed by atoms with van der Waals surface area (Å²) >= 11 is 0. The van der Waals surface area contributed by atoms with Crippen LogP contribution >= 0.6 is 0 Å².